The predicted octanol–water partition coefficient (Wildman–Crippen LogP) is -2.39. The van der Waals surface area contributed by atoms with Crippen LogP contribution in [-0.4, -0.2) is 75.6 Å². The van der Waals surface area contributed by atoms with E-state index in [-0.39, 0.29) is 6.29 Å². The highest BCUT2D eigenvalue weighted by Gasteiger charge is 2.37. The molecule has 0 saturated carbocycles. The molecular formula is C12H18O10. The average Bonchev–Trinajstić information content (AvgIpc) is 2.46. The van der Waals surface area contributed by atoms with E-state index < -0.39 is 61.8 Å². The minimum Gasteiger partial charge on any atom is -0.481 e. The first-order valence-corrected chi connectivity index (χ1v) is 6.23. The van der Waals surface area contributed by atoms with Crippen LogP contribution in [-0.2, 0) is 28.7 Å². The Morgan fingerprint density at radius 1 is 1.14 bits per heavy atom. The second kappa shape index (κ2) is 9.82. The van der Waals surface area contributed by atoms with Crippen LogP contribution in [0, 0.1) is 0 Å². The van der Waals surface area contributed by atoms with E-state index in [4.69, 9.17) is 10.2 Å². The summed E-state index contributed by atoms with van der Waals surface area (Å²) in [6, 6.07) is 0. The van der Waals surface area contributed by atoms with Crippen molar-refractivity contribution >= 4 is 24.2 Å². The molecule has 0 amide bonds. The lowest BCUT2D eigenvalue weighted by atomic mass is 10.0. The van der Waals surface area contributed by atoms with Gasteiger partial charge in [0.25, 0.3) is 0 Å². The van der Waals surface area contributed by atoms with Crippen LogP contribution in [0.2, 0.25) is 0 Å². The van der Waals surface area contributed by atoms with E-state index in [1.54, 1.807) is 0 Å². The number of hydrogen-bond acceptors (Lipinski definition) is 9. The molecule has 0 aliphatic heterocycles. The summed E-state index contributed by atoms with van der Waals surface area (Å²) in [6.45, 7) is 0.0661. The predicted molar refractivity (Wildman–Crippen MR) is 67.5 cm³/mol. The summed E-state index contributed by atoms with van der Waals surface area (Å²) in [7, 11) is 0. The smallest absolute Gasteiger partial charge is 0.307 e. The summed E-state index contributed by atoms with van der Waals surface area (Å²) in [6.07, 6.45) is -8.16. The van der Waals surface area contributed by atoms with Crippen LogP contribution in [0.15, 0.2) is 0 Å². The molecule has 0 radical (unpaired) electrons. The fraction of sp³-hybridized carbons (Fsp3) is 0.667. The van der Waals surface area contributed by atoms with Gasteiger partial charge in [0.15, 0.2) is 18.5 Å². The van der Waals surface area contributed by atoms with Gasteiger partial charge in [-0.2, -0.15) is 0 Å². The first-order chi connectivity index (χ1) is 10.2. The van der Waals surface area contributed by atoms with Crippen molar-refractivity contribution < 1.29 is 49.1 Å². The van der Waals surface area contributed by atoms with Crippen LogP contribution in [0.1, 0.15) is 19.8 Å². The number of esters is 2. The molecule has 0 aromatic carbocycles. The van der Waals surface area contributed by atoms with Crippen molar-refractivity contribution in [2.45, 2.75) is 44.2 Å². The molecule has 0 spiro atoms. The Hall–Kier alpha value is -2.04. The fourth-order valence-electron chi connectivity index (χ4n) is 1.44. The molecule has 0 aromatic rings. The van der Waals surface area contributed by atoms with Crippen LogP contribution in [0.3, 0.4) is 0 Å². The highest BCUT2D eigenvalue weighted by molar-refractivity contribution is 5.78. The molecule has 0 aromatic heterocycles. The van der Waals surface area contributed by atoms with Crippen molar-refractivity contribution in [2.75, 3.05) is 6.61 Å². The Morgan fingerprint density at radius 3 is 2.14 bits per heavy atom. The van der Waals surface area contributed by atoms with Crippen LogP contribution >= 0.6 is 0 Å². The van der Waals surface area contributed by atoms with Crippen molar-refractivity contribution in [2.24, 2.45) is 0 Å². The third-order valence-electron chi connectivity index (χ3n) is 2.49. The number of carboxylic acids is 1. The minimum absolute atomic E-state index is 0.0551. The fourth-order valence-corrected chi connectivity index (χ4v) is 1.44. The van der Waals surface area contributed by atoms with Gasteiger partial charge in [0.2, 0.25) is 0 Å². The van der Waals surface area contributed by atoms with Gasteiger partial charge in [0, 0.05) is 6.92 Å². The van der Waals surface area contributed by atoms with Crippen molar-refractivity contribution in [3.05, 3.63) is 0 Å². The Kier molecular flexibility index (Phi) is 8.91. The molecule has 0 fully saturated rings. The molecule has 4 atom stereocenters. The number of carbonyl (C=O) groups excluding carboxylic acids is 3. The van der Waals surface area contributed by atoms with Gasteiger partial charge in [-0.3, -0.25) is 19.2 Å². The average molecular weight is 322 g/mol. The minimum atomic E-state index is -1.89. The number of aliphatic hydroxyl groups is 3. The maximum atomic E-state index is 11.4. The highest BCUT2D eigenvalue weighted by Crippen LogP contribution is 2.13. The van der Waals surface area contributed by atoms with E-state index in [2.05, 4.69) is 9.47 Å². The number of rotatable bonds is 10. The number of aliphatic carboxylic acids is 1. The van der Waals surface area contributed by atoms with E-state index in [1.165, 1.54) is 0 Å². The molecule has 0 rings (SSSR count). The number of carbonyl (C=O) groups is 4. The summed E-state index contributed by atoms with van der Waals surface area (Å²) in [4.78, 5) is 43.7. The van der Waals surface area contributed by atoms with Gasteiger partial charge >= 0.3 is 17.9 Å². The molecule has 4 N–H and O–H groups in total. The van der Waals surface area contributed by atoms with Gasteiger partial charge in [-0.15, -0.1) is 0 Å². The van der Waals surface area contributed by atoms with Gasteiger partial charge in [-0.05, 0) is 0 Å². The molecule has 0 aliphatic rings. The van der Waals surface area contributed by atoms with Crippen molar-refractivity contribution in [1.82, 2.24) is 0 Å². The maximum absolute atomic E-state index is 11.4. The van der Waals surface area contributed by atoms with Crippen molar-refractivity contribution in [3.63, 3.8) is 0 Å². The van der Waals surface area contributed by atoms with Gasteiger partial charge < -0.3 is 29.9 Å². The number of ether oxygens (including phenoxy) is 2. The molecule has 0 bridgehead atoms. The SMILES string of the molecule is CC(=O)O[C@@H]([C@H](O)[C@H](O)CO)[C@H](C=O)OC(=O)CCC(=O)O. The molecule has 10 heteroatoms. The van der Waals surface area contributed by atoms with E-state index >= 15 is 0 Å². The summed E-state index contributed by atoms with van der Waals surface area (Å²) in [5.74, 6) is -3.25. The third-order valence-corrected chi connectivity index (χ3v) is 2.49. The molecule has 22 heavy (non-hydrogen) atoms. The Balaban J connectivity index is 4.97. The topological polar surface area (TPSA) is 168 Å². The number of hydrogen-bond donors (Lipinski definition) is 4. The van der Waals surface area contributed by atoms with Crippen molar-refractivity contribution in [1.29, 1.82) is 0 Å². The second-order valence-electron chi connectivity index (χ2n) is 4.30. The zero-order valence-electron chi connectivity index (χ0n) is 11.7. The lowest BCUT2D eigenvalue weighted by Crippen LogP contribution is -2.50. The maximum Gasteiger partial charge on any atom is 0.307 e. The summed E-state index contributed by atoms with van der Waals surface area (Å²) < 4.78 is 9.26. The van der Waals surface area contributed by atoms with Gasteiger partial charge in [-0.25, -0.2) is 0 Å². The van der Waals surface area contributed by atoms with Crippen LogP contribution in [0.4, 0.5) is 0 Å². The van der Waals surface area contributed by atoms with E-state index in [0.717, 1.165) is 6.92 Å². The number of aldehydes is 1. The monoisotopic (exact) mass is 322 g/mol. The summed E-state index contributed by atoms with van der Waals surface area (Å²) in [5, 5.41) is 36.3. The normalized spacial score (nSPS) is 16.0. The Labute approximate surface area is 125 Å². The highest BCUT2D eigenvalue weighted by atomic mass is 16.6. The third kappa shape index (κ3) is 7.11. The molecule has 10 nitrogen and oxygen atoms in total. The molecule has 126 valence electrons. The zero-order valence-corrected chi connectivity index (χ0v) is 11.7. The van der Waals surface area contributed by atoms with Crippen LogP contribution < -0.4 is 0 Å². The first kappa shape index (κ1) is 20.0. The van der Waals surface area contributed by atoms with E-state index in [9.17, 15) is 29.4 Å². The standard InChI is InChI=1S/C12H18O10/c1-6(15)21-12(11(20)7(16)4-13)8(5-14)22-10(19)3-2-9(17)18/h5,7-8,11-13,16,20H,2-4H2,1H3,(H,17,18)/t7-,8+,11-,12-/m1/s1. The van der Waals surface area contributed by atoms with Gasteiger partial charge in [-0.1, -0.05) is 0 Å². The lowest BCUT2D eigenvalue weighted by molar-refractivity contribution is -0.183. The Morgan fingerprint density at radius 2 is 1.73 bits per heavy atom. The van der Waals surface area contributed by atoms with Crippen LogP contribution in [0.25, 0.3) is 0 Å². The zero-order chi connectivity index (χ0) is 17.3. The quantitative estimate of drug-likeness (QED) is 0.251. The van der Waals surface area contributed by atoms with Crippen molar-refractivity contribution in [3.8, 4) is 0 Å². The molecular weight excluding hydrogens is 304 g/mol. The van der Waals surface area contributed by atoms with E-state index in [0.29, 0.717) is 0 Å². The first-order valence-electron chi connectivity index (χ1n) is 6.23. The molecule has 0 aliphatic carbocycles. The summed E-state index contributed by atoms with van der Waals surface area (Å²) in [5.41, 5.74) is 0. The summed E-state index contributed by atoms with van der Waals surface area (Å²) >= 11 is 0. The molecule has 0 heterocycles. The number of aliphatic hydroxyl groups excluding tert-OH is 3. The second-order valence-corrected chi connectivity index (χ2v) is 4.30. The van der Waals surface area contributed by atoms with Gasteiger partial charge in [0.1, 0.15) is 12.2 Å². The largest absolute Gasteiger partial charge is 0.481 e. The van der Waals surface area contributed by atoms with E-state index in [1.807, 2.05) is 0 Å². The molecule has 0 unspecified atom stereocenters. The van der Waals surface area contributed by atoms with Crippen LogP contribution in [0.5, 0.6) is 0 Å². The number of carboxylic acid groups (broad SMARTS) is 1. The lowest BCUT2D eigenvalue weighted by Gasteiger charge is -2.28. The van der Waals surface area contributed by atoms with Gasteiger partial charge in [0.05, 0.1) is 19.4 Å². The molecule has 0 saturated heterocycles. The Bertz CT molecular complexity index is 407.